The third-order valence-electron chi connectivity index (χ3n) is 7.32. The number of anilines is 2. The summed E-state index contributed by atoms with van der Waals surface area (Å²) < 4.78 is 11.8. The second-order valence-electron chi connectivity index (χ2n) is 10.4. The average molecular weight is 603 g/mol. The number of nitrogens with two attached hydrogens (primary N) is 3. The van der Waals surface area contributed by atoms with Crippen molar-refractivity contribution >= 4 is 35.1 Å². The molecule has 2 aromatic heterocycles. The molecule has 2 aliphatic heterocycles. The fraction of sp³-hybridized carbons (Fsp3) is 0.370. The van der Waals surface area contributed by atoms with Gasteiger partial charge in [0.1, 0.15) is 16.9 Å². The van der Waals surface area contributed by atoms with Crippen molar-refractivity contribution in [3.05, 3.63) is 54.7 Å². The predicted molar refractivity (Wildman–Crippen MR) is 163 cm³/mol. The maximum Gasteiger partial charge on any atom is 0.343 e. The summed E-state index contributed by atoms with van der Waals surface area (Å²) in [6.45, 7) is 9.22. The van der Waals surface area contributed by atoms with Gasteiger partial charge in [-0.3, -0.25) is 0 Å². The molecule has 0 saturated carbocycles. The Morgan fingerprint density at radius 2 is 1.73 bits per heavy atom. The van der Waals surface area contributed by atoms with Gasteiger partial charge in [-0.1, -0.05) is 31.7 Å². The van der Waals surface area contributed by atoms with Crippen molar-refractivity contribution < 1.29 is 14.3 Å². The number of para-hydroxylation sites is 1. The van der Waals surface area contributed by atoms with E-state index in [9.17, 15) is 4.79 Å². The van der Waals surface area contributed by atoms with E-state index in [2.05, 4.69) is 47.1 Å². The lowest BCUT2D eigenvalue weighted by Gasteiger charge is -2.33. The van der Waals surface area contributed by atoms with Gasteiger partial charge in [0, 0.05) is 0 Å². The van der Waals surface area contributed by atoms with Gasteiger partial charge in [-0.25, -0.2) is 19.5 Å². The Morgan fingerprint density at radius 3 is 2.30 bits per heavy atom. The molecule has 230 valence electrons. The number of carbonyl (C=O) groups excluding carboxylic acids is 1. The van der Waals surface area contributed by atoms with Crippen LogP contribution in [0.15, 0.2) is 69.6 Å². The first-order valence-corrected chi connectivity index (χ1v) is 13.6. The van der Waals surface area contributed by atoms with Gasteiger partial charge >= 0.3 is 12.0 Å². The smallest absolute Gasteiger partial charge is 0.343 e. The number of aromatic nitrogens is 5. The highest BCUT2D eigenvalue weighted by Gasteiger charge is 2.48. The lowest BCUT2D eigenvalue weighted by Crippen LogP contribution is -2.61. The summed E-state index contributed by atoms with van der Waals surface area (Å²) in [7, 11) is 2.68. The molecule has 3 aromatic rings. The minimum Gasteiger partial charge on any atom is -0.467 e. The van der Waals surface area contributed by atoms with Crippen LogP contribution in [-0.4, -0.2) is 79.8 Å². The zero-order valence-corrected chi connectivity index (χ0v) is 25.0. The molecular formula is C27H34N14O3. The summed E-state index contributed by atoms with van der Waals surface area (Å²) >= 11 is 0. The number of azo groups is 1. The Kier molecular flexibility index (Phi) is 7.94. The van der Waals surface area contributed by atoms with Gasteiger partial charge in [0.15, 0.2) is 11.9 Å². The number of nitrogens with zero attached hydrogens (tertiary/aromatic N) is 11. The number of hydrogen-bond donors (Lipinski definition) is 3. The van der Waals surface area contributed by atoms with E-state index >= 15 is 0 Å². The average Bonchev–Trinajstić information content (AvgIpc) is 3.64. The molecule has 0 spiro atoms. The molecule has 0 fully saturated rings. The molecule has 5 rings (SSSR count). The standard InChI is InChI=1S/C27H34N14O3/c1-7-17-19(28)26(3,29)40(37-17)23-32-24(34-25(33-23)44-6)41-27(4,30)20(18(8-2)38-41)35-36-21-16(22(42)43-5)14-31-39(21)15-12-10-9-11-13-15/h8-14,19-20H,2,7,28-30H2,1,3-6H3. The van der Waals surface area contributed by atoms with Crippen LogP contribution in [0.2, 0.25) is 0 Å². The number of rotatable bonds is 9. The quantitative estimate of drug-likeness (QED) is 0.235. The van der Waals surface area contributed by atoms with E-state index < -0.39 is 29.4 Å². The van der Waals surface area contributed by atoms with Crippen molar-refractivity contribution in [1.29, 1.82) is 0 Å². The van der Waals surface area contributed by atoms with Gasteiger partial charge in [0.05, 0.1) is 43.6 Å². The Morgan fingerprint density at radius 1 is 1.07 bits per heavy atom. The van der Waals surface area contributed by atoms with Crippen LogP contribution in [0, 0.1) is 0 Å². The van der Waals surface area contributed by atoms with Crippen LogP contribution in [-0.2, 0) is 4.74 Å². The molecule has 1 aromatic carbocycles. The molecule has 4 unspecified atom stereocenters. The van der Waals surface area contributed by atoms with E-state index in [1.54, 1.807) is 13.8 Å². The normalized spacial score (nSPS) is 24.9. The van der Waals surface area contributed by atoms with Crippen molar-refractivity contribution in [3.63, 3.8) is 0 Å². The van der Waals surface area contributed by atoms with Gasteiger partial charge in [-0.05, 0) is 38.5 Å². The molecular weight excluding hydrogens is 568 g/mol. The predicted octanol–water partition coefficient (Wildman–Crippen LogP) is 1.63. The molecule has 6 N–H and O–H groups in total. The Hall–Kier alpha value is -5.13. The number of hydrogen-bond acceptors (Lipinski definition) is 16. The lowest BCUT2D eigenvalue weighted by molar-refractivity contribution is 0.0601. The molecule has 4 heterocycles. The van der Waals surface area contributed by atoms with Gasteiger partial charge < -0.3 is 26.7 Å². The minimum absolute atomic E-state index is 0.0276. The summed E-state index contributed by atoms with van der Waals surface area (Å²) in [6, 6.07) is 7.68. The van der Waals surface area contributed by atoms with Crippen LogP contribution in [0.25, 0.3) is 5.69 Å². The van der Waals surface area contributed by atoms with Crippen molar-refractivity contribution in [2.24, 2.45) is 37.6 Å². The zero-order valence-electron chi connectivity index (χ0n) is 25.0. The first kappa shape index (κ1) is 30.3. The van der Waals surface area contributed by atoms with Crippen LogP contribution < -0.4 is 32.0 Å². The number of benzene rings is 1. The van der Waals surface area contributed by atoms with E-state index in [1.165, 1.54) is 41.2 Å². The van der Waals surface area contributed by atoms with Crippen molar-refractivity contribution in [1.82, 2.24) is 24.7 Å². The molecule has 44 heavy (non-hydrogen) atoms. The molecule has 4 atom stereocenters. The van der Waals surface area contributed by atoms with E-state index in [-0.39, 0.29) is 29.3 Å². The van der Waals surface area contributed by atoms with Gasteiger partial charge in [-0.15, -0.1) is 5.11 Å². The highest BCUT2D eigenvalue weighted by atomic mass is 16.5. The Balaban J connectivity index is 1.55. The van der Waals surface area contributed by atoms with Crippen LogP contribution >= 0.6 is 0 Å². The van der Waals surface area contributed by atoms with Crippen LogP contribution in [0.5, 0.6) is 6.01 Å². The van der Waals surface area contributed by atoms with Crippen LogP contribution in [0.3, 0.4) is 0 Å². The van der Waals surface area contributed by atoms with Crippen molar-refractivity contribution in [2.45, 2.75) is 50.6 Å². The van der Waals surface area contributed by atoms with Crippen LogP contribution in [0.4, 0.5) is 17.7 Å². The third-order valence-corrected chi connectivity index (χ3v) is 7.32. The SMILES string of the molecule is C=CC1=NN(c2nc(OC)nc(N3N=C(CC)C(N)C3(C)N)n2)C(C)(N)C1N=Nc1c(C(=O)OC)cnn1-c1ccccc1. The number of methoxy groups -OCH3 is 2. The van der Waals surface area contributed by atoms with E-state index in [0.717, 1.165) is 0 Å². The molecule has 0 amide bonds. The first-order chi connectivity index (χ1) is 21.0. The maximum absolute atomic E-state index is 12.6. The highest BCUT2D eigenvalue weighted by Crippen LogP contribution is 2.35. The second kappa shape index (κ2) is 11.5. The van der Waals surface area contributed by atoms with Gasteiger partial charge in [0.25, 0.3) is 11.9 Å². The summed E-state index contributed by atoms with van der Waals surface area (Å²) in [4.78, 5) is 25.9. The van der Waals surface area contributed by atoms with E-state index in [4.69, 9.17) is 26.7 Å². The summed E-state index contributed by atoms with van der Waals surface area (Å²) in [5.74, 6) is -0.374. The van der Waals surface area contributed by atoms with Crippen molar-refractivity contribution in [2.75, 3.05) is 24.2 Å². The van der Waals surface area contributed by atoms with Crippen LogP contribution in [0.1, 0.15) is 37.6 Å². The fourth-order valence-corrected chi connectivity index (χ4v) is 4.78. The van der Waals surface area contributed by atoms with Gasteiger partial charge in [-0.2, -0.15) is 35.4 Å². The van der Waals surface area contributed by atoms with E-state index in [0.29, 0.717) is 23.5 Å². The number of esters is 1. The summed E-state index contributed by atoms with van der Waals surface area (Å²) in [6.07, 6.45) is 3.45. The molecule has 0 saturated heterocycles. The molecule has 17 nitrogen and oxygen atoms in total. The lowest BCUT2D eigenvalue weighted by atomic mass is 9.99. The second-order valence-corrected chi connectivity index (χ2v) is 10.4. The zero-order chi connectivity index (χ0) is 31.8. The number of ether oxygens (including phenoxy) is 2. The third kappa shape index (κ3) is 5.06. The van der Waals surface area contributed by atoms with E-state index in [1.807, 2.05) is 37.3 Å². The molecule has 0 aliphatic carbocycles. The summed E-state index contributed by atoms with van der Waals surface area (Å²) in [5.41, 5.74) is 19.1. The molecule has 0 radical (unpaired) electrons. The largest absolute Gasteiger partial charge is 0.467 e. The minimum atomic E-state index is -1.38. The number of carbonyl (C=O) groups is 1. The van der Waals surface area contributed by atoms with Crippen molar-refractivity contribution in [3.8, 4) is 11.7 Å². The Bertz CT molecular complexity index is 1660. The maximum atomic E-state index is 12.6. The summed E-state index contributed by atoms with van der Waals surface area (Å²) in [5, 5.41) is 25.3. The Labute approximate surface area is 253 Å². The first-order valence-electron chi connectivity index (χ1n) is 13.6. The van der Waals surface area contributed by atoms with Gasteiger partial charge in [0.2, 0.25) is 0 Å². The fourth-order valence-electron chi connectivity index (χ4n) is 4.78. The number of hydrazone groups is 2. The molecule has 0 bridgehead atoms. The highest BCUT2D eigenvalue weighted by molar-refractivity contribution is 6.03. The molecule has 2 aliphatic rings. The molecule has 17 heteroatoms. The monoisotopic (exact) mass is 602 g/mol. The topological polar surface area (TPSA) is 226 Å².